The Kier molecular flexibility index (Phi) is 5.26. The van der Waals surface area contributed by atoms with E-state index >= 15 is 0 Å². The summed E-state index contributed by atoms with van der Waals surface area (Å²) in [6.07, 6.45) is 0. The van der Waals surface area contributed by atoms with E-state index in [-0.39, 0.29) is 12.4 Å². The van der Waals surface area contributed by atoms with Crippen LogP contribution >= 0.6 is 27.5 Å². The van der Waals surface area contributed by atoms with E-state index in [1.165, 1.54) is 13.2 Å². The van der Waals surface area contributed by atoms with Crippen molar-refractivity contribution in [2.45, 2.75) is 11.9 Å². The van der Waals surface area contributed by atoms with Crippen molar-refractivity contribution in [3.05, 3.63) is 58.4 Å². The molecular weight excluding hydrogens is 347 g/mol. The van der Waals surface area contributed by atoms with Crippen LogP contribution in [0.4, 0.5) is 4.39 Å². The van der Waals surface area contributed by atoms with E-state index in [2.05, 4.69) is 15.9 Å². The highest BCUT2D eigenvalue weighted by atomic mass is 79.9. The van der Waals surface area contributed by atoms with Gasteiger partial charge in [-0.05, 0) is 35.4 Å². The zero-order valence-corrected chi connectivity index (χ0v) is 13.2. The van der Waals surface area contributed by atoms with Crippen molar-refractivity contribution in [3.8, 4) is 11.5 Å². The lowest BCUT2D eigenvalue weighted by atomic mass is 10.2. The predicted octanol–water partition coefficient (Wildman–Crippen LogP) is 4.96. The van der Waals surface area contributed by atoms with Gasteiger partial charge in [0.15, 0.2) is 11.6 Å². The second-order valence-corrected chi connectivity index (χ2v) is 5.12. The largest absolute Gasteiger partial charge is 0.494 e. The minimum absolute atomic E-state index is 0.216. The maximum absolute atomic E-state index is 13.5. The van der Waals surface area contributed by atoms with Crippen molar-refractivity contribution >= 4 is 27.5 Å². The monoisotopic (exact) mass is 358 g/mol. The Morgan fingerprint density at radius 2 is 1.80 bits per heavy atom. The van der Waals surface area contributed by atoms with E-state index in [0.29, 0.717) is 16.3 Å². The molecule has 0 aliphatic heterocycles. The Hall–Kier alpha value is -1.26. The molecule has 0 aliphatic rings. The van der Waals surface area contributed by atoms with Crippen molar-refractivity contribution in [2.75, 3.05) is 7.11 Å². The summed E-state index contributed by atoms with van der Waals surface area (Å²) >= 11 is 9.47. The highest BCUT2D eigenvalue weighted by Crippen LogP contribution is 2.27. The average molecular weight is 360 g/mol. The first-order chi connectivity index (χ1) is 9.63. The molecular formula is C15H13BrClFO2. The van der Waals surface area contributed by atoms with E-state index in [1.54, 1.807) is 18.2 Å². The minimum atomic E-state index is -0.408. The Morgan fingerprint density at radius 1 is 1.10 bits per heavy atom. The smallest absolute Gasteiger partial charge is 0.165 e. The van der Waals surface area contributed by atoms with Crippen molar-refractivity contribution in [2.24, 2.45) is 0 Å². The third-order valence-corrected chi connectivity index (χ3v) is 3.70. The van der Waals surface area contributed by atoms with Gasteiger partial charge in [0.25, 0.3) is 0 Å². The molecule has 0 N–H and O–H groups in total. The van der Waals surface area contributed by atoms with Gasteiger partial charge in [0, 0.05) is 5.33 Å². The second-order valence-electron chi connectivity index (χ2n) is 4.16. The summed E-state index contributed by atoms with van der Waals surface area (Å²) in [6, 6.07) is 10.3. The van der Waals surface area contributed by atoms with Crippen LogP contribution in [-0.2, 0) is 11.9 Å². The minimum Gasteiger partial charge on any atom is -0.494 e. The lowest BCUT2D eigenvalue weighted by Crippen LogP contribution is -1.98. The molecule has 20 heavy (non-hydrogen) atoms. The fraction of sp³-hybridized carbons (Fsp3) is 0.200. The van der Waals surface area contributed by atoms with Crippen molar-refractivity contribution in [1.82, 2.24) is 0 Å². The van der Waals surface area contributed by atoms with Gasteiger partial charge in [-0.25, -0.2) is 4.39 Å². The van der Waals surface area contributed by atoms with Gasteiger partial charge < -0.3 is 9.47 Å². The molecule has 0 atom stereocenters. The number of hydrogen-bond acceptors (Lipinski definition) is 2. The fourth-order valence-electron chi connectivity index (χ4n) is 1.71. The fourth-order valence-corrected chi connectivity index (χ4v) is 2.31. The summed E-state index contributed by atoms with van der Waals surface area (Å²) in [5.74, 6) is 0.385. The highest BCUT2D eigenvalue weighted by Gasteiger charge is 2.06. The number of hydrogen-bond donors (Lipinski definition) is 0. The quantitative estimate of drug-likeness (QED) is 0.702. The zero-order chi connectivity index (χ0) is 14.5. The number of alkyl halides is 1. The first kappa shape index (κ1) is 15.1. The van der Waals surface area contributed by atoms with Gasteiger partial charge in [-0.1, -0.05) is 39.7 Å². The third-order valence-electron chi connectivity index (χ3n) is 2.76. The molecule has 106 valence electrons. The molecule has 2 aromatic rings. The number of benzene rings is 2. The molecule has 2 aromatic carbocycles. The molecule has 0 unspecified atom stereocenters. The first-order valence-corrected chi connectivity index (χ1v) is 7.43. The van der Waals surface area contributed by atoms with E-state index < -0.39 is 5.82 Å². The van der Waals surface area contributed by atoms with E-state index in [4.69, 9.17) is 21.1 Å². The van der Waals surface area contributed by atoms with Crippen LogP contribution in [0.2, 0.25) is 5.02 Å². The third kappa shape index (κ3) is 3.64. The molecule has 0 saturated carbocycles. The number of rotatable bonds is 5. The molecule has 0 radical (unpaired) electrons. The maximum Gasteiger partial charge on any atom is 0.165 e. The van der Waals surface area contributed by atoms with Crippen LogP contribution in [0.25, 0.3) is 0 Å². The maximum atomic E-state index is 13.5. The summed E-state index contributed by atoms with van der Waals surface area (Å²) in [6.45, 7) is 0.244. The summed E-state index contributed by atoms with van der Waals surface area (Å²) in [5.41, 5.74) is 1.78. The number of ether oxygens (including phenoxy) is 2. The second kappa shape index (κ2) is 6.95. The van der Waals surface area contributed by atoms with Crippen molar-refractivity contribution in [3.63, 3.8) is 0 Å². The van der Waals surface area contributed by atoms with Crippen LogP contribution in [0.1, 0.15) is 11.1 Å². The van der Waals surface area contributed by atoms with Crippen LogP contribution in [0.3, 0.4) is 0 Å². The van der Waals surface area contributed by atoms with Crippen LogP contribution in [0.15, 0.2) is 36.4 Å². The molecule has 0 fully saturated rings. The molecule has 2 nitrogen and oxygen atoms in total. The lowest BCUT2D eigenvalue weighted by Gasteiger charge is -2.10. The molecule has 0 bridgehead atoms. The molecule has 2 rings (SSSR count). The first-order valence-electron chi connectivity index (χ1n) is 5.93. The molecule has 0 saturated heterocycles. The van der Waals surface area contributed by atoms with Gasteiger partial charge in [0.2, 0.25) is 0 Å². The summed E-state index contributed by atoms with van der Waals surface area (Å²) in [5, 5.41) is 1.27. The van der Waals surface area contributed by atoms with Gasteiger partial charge in [-0.2, -0.15) is 0 Å². The number of halogens is 3. The predicted molar refractivity (Wildman–Crippen MR) is 81.4 cm³/mol. The number of methoxy groups -OCH3 is 1. The van der Waals surface area contributed by atoms with Crippen LogP contribution in [0, 0.1) is 5.82 Å². The average Bonchev–Trinajstić information content (AvgIpc) is 2.46. The van der Waals surface area contributed by atoms with Crippen LogP contribution < -0.4 is 9.47 Å². The van der Waals surface area contributed by atoms with Gasteiger partial charge in [-0.3, -0.25) is 0 Å². The lowest BCUT2D eigenvalue weighted by molar-refractivity contribution is 0.305. The molecule has 0 aromatic heterocycles. The SMILES string of the molecule is COc1ccc(COc2ccc(CBr)cc2Cl)cc1F. The Bertz CT molecular complexity index is 604. The standard InChI is InChI=1S/C15H13BrClFO2/c1-19-15-5-3-11(7-13(15)18)9-20-14-4-2-10(8-16)6-12(14)17/h2-7H,8-9H2,1H3. The Labute approximate surface area is 130 Å². The van der Waals surface area contributed by atoms with E-state index in [0.717, 1.165) is 10.9 Å². The highest BCUT2D eigenvalue weighted by molar-refractivity contribution is 9.08. The zero-order valence-electron chi connectivity index (χ0n) is 10.8. The summed E-state index contributed by atoms with van der Waals surface area (Å²) in [4.78, 5) is 0. The van der Waals surface area contributed by atoms with Crippen molar-refractivity contribution < 1.29 is 13.9 Å². The molecule has 0 amide bonds. The van der Waals surface area contributed by atoms with Crippen molar-refractivity contribution in [1.29, 1.82) is 0 Å². The van der Waals surface area contributed by atoms with E-state index in [9.17, 15) is 4.39 Å². The molecule has 0 aliphatic carbocycles. The van der Waals surface area contributed by atoms with Gasteiger partial charge in [0.1, 0.15) is 12.4 Å². The summed E-state index contributed by atoms with van der Waals surface area (Å²) < 4.78 is 24.0. The molecule has 0 spiro atoms. The van der Waals surface area contributed by atoms with Gasteiger partial charge in [0.05, 0.1) is 12.1 Å². The topological polar surface area (TPSA) is 18.5 Å². The van der Waals surface area contributed by atoms with Crippen LogP contribution in [-0.4, -0.2) is 7.11 Å². The van der Waals surface area contributed by atoms with E-state index in [1.807, 2.05) is 12.1 Å². The van der Waals surface area contributed by atoms with Gasteiger partial charge in [-0.15, -0.1) is 0 Å². The molecule has 0 heterocycles. The normalized spacial score (nSPS) is 10.4. The Morgan fingerprint density at radius 3 is 2.40 bits per heavy atom. The molecule has 5 heteroatoms. The van der Waals surface area contributed by atoms with Gasteiger partial charge >= 0.3 is 0 Å². The Balaban J connectivity index is 2.07. The summed E-state index contributed by atoms with van der Waals surface area (Å²) in [7, 11) is 1.43. The van der Waals surface area contributed by atoms with Crippen LogP contribution in [0.5, 0.6) is 11.5 Å².